The van der Waals surface area contributed by atoms with E-state index in [1.165, 1.54) is 0 Å². The van der Waals surface area contributed by atoms with Gasteiger partial charge in [0.15, 0.2) is 17.6 Å². The van der Waals surface area contributed by atoms with Gasteiger partial charge in [-0.2, -0.15) is 0 Å². The standard InChI is InChI=1S/C15H22N2O3/c1-10(2)17(15(18)11(3)16)8-12-9-19-13-6-4-5-7-14(13)20-12/h4-7,10-12H,8-9,16H2,1-3H3/t11-,12-/m0/s1. The van der Waals surface area contributed by atoms with Crippen molar-refractivity contribution in [2.24, 2.45) is 5.73 Å². The van der Waals surface area contributed by atoms with E-state index in [1.807, 2.05) is 38.1 Å². The molecular formula is C15H22N2O3. The fourth-order valence-electron chi connectivity index (χ4n) is 2.19. The average Bonchev–Trinajstić information content (AvgIpc) is 2.43. The minimum absolute atomic E-state index is 0.0672. The molecule has 0 aliphatic carbocycles. The fraction of sp³-hybridized carbons (Fsp3) is 0.533. The summed E-state index contributed by atoms with van der Waals surface area (Å²) >= 11 is 0. The Hall–Kier alpha value is -1.75. The lowest BCUT2D eigenvalue weighted by atomic mass is 10.2. The number of amides is 1. The third-order valence-electron chi connectivity index (χ3n) is 3.26. The van der Waals surface area contributed by atoms with E-state index in [4.69, 9.17) is 15.2 Å². The Morgan fingerprint density at radius 3 is 2.60 bits per heavy atom. The average molecular weight is 278 g/mol. The molecule has 2 rings (SSSR count). The molecular weight excluding hydrogens is 256 g/mol. The Morgan fingerprint density at radius 2 is 2.00 bits per heavy atom. The minimum Gasteiger partial charge on any atom is -0.486 e. The molecule has 20 heavy (non-hydrogen) atoms. The van der Waals surface area contributed by atoms with Crippen molar-refractivity contribution >= 4 is 5.91 Å². The number of fused-ring (bicyclic) bond motifs is 1. The summed E-state index contributed by atoms with van der Waals surface area (Å²) in [7, 11) is 0. The third kappa shape index (κ3) is 3.22. The first-order chi connectivity index (χ1) is 9.49. The molecule has 0 aromatic heterocycles. The number of rotatable bonds is 4. The number of para-hydroxylation sites is 2. The molecule has 5 heteroatoms. The summed E-state index contributed by atoms with van der Waals surface area (Å²) in [6.07, 6.45) is -0.171. The quantitative estimate of drug-likeness (QED) is 0.904. The van der Waals surface area contributed by atoms with Gasteiger partial charge < -0.3 is 20.1 Å². The van der Waals surface area contributed by atoms with E-state index in [0.29, 0.717) is 13.2 Å². The zero-order valence-corrected chi connectivity index (χ0v) is 12.2. The first-order valence-corrected chi connectivity index (χ1v) is 6.93. The van der Waals surface area contributed by atoms with Gasteiger partial charge in [-0.3, -0.25) is 4.79 Å². The first-order valence-electron chi connectivity index (χ1n) is 6.93. The van der Waals surface area contributed by atoms with Crippen molar-refractivity contribution in [3.8, 4) is 11.5 Å². The van der Waals surface area contributed by atoms with Crippen molar-refractivity contribution in [3.63, 3.8) is 0 Å². The van der Waals surface area contributed by atoms with Crippen molar-refractivity contribution in [1.82, 2.24) is 4.90 Å². The summed E-state index contributed by atoms with van der Waals surface area (Å²) in [4.78, 5) is 13.9. The molecule has 1 aromatic rings. The van der Waals surface area contributed by atoms with Crippen LogP contribution in [0, 0.1) is 0 Å². The monoisotopic (exact) mass is 278 g/mol. The molecule has 0 fully saturated rings. The molecule has 1 amide bonds. The Kier molecular flexibility index (Phi) is 4.49. The lowest BCUT2D eigenvalue weighted by Gasteiger charge is -2.34. The summed E-state index contributed by atoms with van der Waals surface area (Å²) in [5, 5.41) is 0. The number of hydrogen-bond donors (Lipinski definition) is 1. The molecule has 0 bridgehead atoms. The Morgan fingerprint density at radius 1 is 1.35 bits per heavy atom. The number of nitrogens with two attached hydrogens (primary N) is 1. The maximum absolute atomic E-state index is 12.1. The number of nitrogens with zero attached hydrogens (tertiary/aromatic N) is 1. The molecule has 0 radical (unpaired) electrons. The van der Waals surface area contributed by atoms with Crippen molar-refractivity contribution in [3.05, 3.63) is 24.3 Å². The van der Waals surface area contributed by atoms with Crippen molar-refractivity contribution in [2.45, 2.75) is 39.0 Å². The summed E-state index contributed by atoms with van der Waals surface area (Å²) in [6, 6.07) is 7.12. The van der Waals surface area contributed by atoms with Crippen molar-refractivity contribution in [2.75, 3.05) is 13.2 Å². The molecule has 1 aliphatic rings. The maximum atomic E-state index is 12.1. The molecule has 5 nitrogen and oxygen atoms in total. The molecule has 1 heterocycles. The van der Waals surface area contributed by atoms with Gasteiger partial charge in [0.2, 0.25) is 5.91 Å². The number of ether oxygens (including phenoxy) is 2. The fourth-order valence-corrected chi connectivity index (χ4v) is 2.19. The predicted molar refractivity (Wildman–Crippen MR) is 76.9 cm³/mol. The van der Waals surface area contributed by atoms with Gasteiger partial charge >= 0.3 is 0 Å². The number of benzene rings is 1. The van der Waals surface area contributed by atoms with Gasteiger partial charge in [-0.15, -0.1) is 0 Å². The third-order valence-corrected chi connectivity index (χ3v) is 3.26. The largest absolute Gasteiger partial charge is 0.486 e. The molecule has 0 saturated heterocycles. The van der Waals surface area contributed by atoms with Crippen LogP contribution < -0.4 is 15.2 Å². The smallest absolute Gasteiger partial charge is 0.239 e. The zero-order valence-electron chi connectivity index (χ0n) is 12.2. The highest BCUT2D eigenvalue weighted by Crippen LogP contribution is 2.31. The van der Waals surface area contributed by atoms with Crippen LogP contribution in [0.2, 0.25) is 0 Å². The van der Waals surface area contributed by atoms with E-state index in [-0.39, 0.29) is 18.1 Å². The highest BCUT2D eigenvalue weighted by molar-refractivity contribution is 5.81. The molecule has 1 aliphatic heterocycles. The lowest BCUT2D eigenvalue weighted by Crippen LogP contribution is -2.51. The van der Waals surface area contributed by atoms with Gasteiger partial charge in [0.1, 0.15) is 6.61 Å². The van der Waals surface area contributed by atoms with Crippen molar-refractivity contribution in [1.29, 1.82) is 0 Å². The van der Waals surface area contributed by atoms with E-state index in [2.05, 4.69) is 0 Å². The van der Waals surface area contributed by atoms with Gasteiger partial charge in [0.05, 0.1) is 12.6 Å². The van der Waals surface area contributed by atoms with E-state index in [9.17, 15) is 4.79 Å². The number of carbonyl (C=O) groups excluding carboxylic acids is 1. The maximum Gasteiger partial charge on any atom is 0.239 e. The summed E-state index contributed by atoms with van der Waals surface area (Å²) < 4.78 is 11.5. The second-order valence-corrected chi connectivity index (χ2v) is 5.37. The highest BCUT2D eigenvalue weighted by atomic mass is 16.6. The lowest BCUT2D eigenvalue weighted by molar-refractivity contribution is -0.135. The Bertz CT molecular complexity index is 474. The number of carbonyl (C=O) groups is 1. The molecule has 2 N–H and O–H groups in total. The SMILES string of the molecule is CC(C)N(C[C@H]1COc2ccccc2O1)C(=O)[C@H](C)N. The van der Waals surface area contributed by atoms with Gasteiger partial charge in [-0.05, 0) is 32.9 Å². The van der Waals surface area contributed by atoms with E-state index < -0.39 is 6.04 Å². The Balaban J connectivity index is 2.04. The van der Waals surface area contributed by atoms with Gasteiger partial charge in [-0.1, -0.05) is 12.1 Å². The summed E-state index contributed by atoms with van der Waals surface area (Å²) in [5.41, 5.74) is 5.69. The zero-order chi connectivity index (χ0) is 14.7. The normalized spacial score (nSPS) is 18.8. The molecule has 0 spiro atoms. The molecule has 0 unspecified atom stereocenters. The van der Waals surface area contributed by atoms with Crippen LogP contribution in [0.1, 0.15) is 20.8 Å². The van der Waals surface area contributed by atoms with Crippen LogP contribution in [0.15, 0.2) is 24.3 Å². The molecule has 2 atom stereocenters. The van der Waals surface area contributed by atoms with Crippen LogP contribution in [0.25, 0.3) is 0 Å². The van der Waals surface area contributed by atoms with E-state index in [1.54, 1.807) is 11.8 Å². The highest BCUT2D eigenvalue weighted by Gasteiger charge is 2.27. The van der Waals surface area contributed by atoms with E-state index in [0.717, 1.165) is 11.5 Å². The van der Waals surface area contributed by atoms with Crippen LogP contribution >= 0.6 is 0 Å². The molecule has 0 saturated carbocycles. The second-order valence-electron chi connectivity index (χ2n) is 5.37. The van der Waals surface area contributed by atoms with Crippen LogP contribution in [0.3, 0.4) is 0 Å². The van der Waals surface area contributed by atoms with Gasteiger partial charge in [0, 0.05) is 6.04 Å². The topological polar surface area (TPSA) is 64.8 Å². The van der Waals surface area contributed by atoms with Gasteiger partial charge in [-0.25, -0.2) is 0 Å². The van der Waals surface area contributed by atoms with Crippen LogP contribution in [-0.2, 0) is 4.79 Å². The number of hydrogen-bond acceptors (Lipinski definition) is 4. The first kappa shape index (κ1) is 14.7. The molecule has 110 valence electrons. The van der Waals surface area contributed by atoms with Crippen LogP contribution in [-0.4, -0.2) is 42.1 Å². The Labute approximate surface area is 119 Å². The van der Waals surface area contributed by atoms with Gasteiger partial charge in [0.25, 0.3) is 0 Å². The second kappa shape index (κ2) is 6.13. The van der Waals surface area contributed by atoms with E-state index >= 15 is 0 Å². The van der Waals surface area contributed by atoms with Crippen LogP contribution in [0.5, 0.6) is 11.5 Å². The van der Waals surface area contributed by atoms with Crippen molar-refractivity contribution < 1.29 is 14.3 Å². The summed E-state index contributed by atoms with van der Waals surface area (Å²) in [6.45, 7) is 6.56. The summed E-state index contributed by atoms with van der Waals surface area (Å²) in [5.74, 6) is 1.40. The van der Waals surface area contributed by atoms with Crippen LogP contribution in [0.4, 0.5) is 0 Å². The predicted octanol–water partition coefficient (Wildman–Crippen LogP) is 1.41. The minimum atomic E-state index is -0.505. The molecule has 1 aromatic carbocycles.